The summed E-state index contributed by atoms with van der Waals surface area (Å²) >= 11 is 6.06. The van der Waals surface area contributed by atoms with Gasteiger partial charge in [0.25, 0.3) is 0 Å². The molecule has 2 N–H and O–H groups in total. The van der Waals surface area contributed by atoms with Crippen LogP contribution in [0.5, 0.6) is 0 Å². The maximum Gasteiger partial charge on any atom is 0.130 e. The molecule has 3 nitrogen and oxygen atoms in total. The highest BCUT2D eigenvalue weighted by Crippen LogP contribution is 2.40. The van der Waals surface area contributed by atoms with E-state index < -0.39 is 0 Å². The number of halogens is 1. The molecule has 0 aliphatic heterocycles. The second-order valence-corrected chi connectivity index (χ2v) is 5.33. The molecule has 0 saturated heterocycles. The Hall–Kier alpha value is -2.26. The number of fused-ring (bicyclic) bond motifs is 3. The first-order chi connectivity index (χ1) is 9.81. The zero-order valence-corrected chi connectivity index (χ0v) is 11.4. The molecule has 4 rings (SSSR count). The molecule has 0 fully saturated rings. The number of rotatable bonds is 2. The van der Waals surface area contributed by atoms with E-state index in [4.69, 9.17) is 11.6 Å². The summed E-state index contributed by atoms with van der Waals surface area (Å²) in [6, 6.07) is 16.1. The summed E-state index contributed by atoms with van der Waals surface area (Å²) in [5, 5.41) is 11.7. The van der Waals surface area contributed by atoms with E-state index >= 15 is 0 Å². The number of benzene rings is 2. The molecule has 0 amide bonds. The van der Waals surface area contributed by atoms with Gasteiger partial charge in [-0.05, 0) is 29.8 Å². The first-order valence-corrected chi connectivity index (χ1v) is 6.87. The van der Waals surface area contributed by atoms with Gasteiger partial charge in [0.05, 0.1) is 5.69 Å². The second-order valence-electron chi connectivity index (χ2n) is 4.90. The van der Waals surface area contributed by atoms with Gasteiger partial charge in [0, 0.05) is 28.3 Å². The van der Waals surface area contributed by atoms with Crippen LogP contribution < -0.4 is 5.32 Å². The highest BCUT2D eigenvalue weighted by molar-refractivity contribution is 6.30. The Balaban J connectivity index is 1.72. The summed E-state index contributed by atoms with van der Waals surface area (Å²) in [6.45, 7) is 0. The molecule has 0 unspecified atom stereocenters. The molecule has 0 bridgehead atoms. The molecule has 1 aromatic heterocycles. The van der Waals surface area contributed by atoms with Gasteiger partial charge in [0.15, 0.2) is 0 Å². The van der Waals surface area contributed by atoms with Crippen LogP contribution in [0.25, 0.3) is 11.3 Å². The quantitative estimate of drug-likeness (QED) is 0.572. The van der Waals surface area contributed by atoms with Crippen LogP contribution in [0.3, 0.4) is 0 Å². The fourth-order valence-corrected chi connectivity index (χ4v) is 2.85. The highest BCUT2D eigenvalue weighted by Gasteiger charge is 2.24. The van der Waals surface area contributed by atoms with Gasteiger partial charge in [-0.2, -0.15) is 5.10 Å². The van der Waals surface area contributed by atoms with Gasteiger partial charge >= 0.3 is 0 Å². The van der Waals surface area contributed by atoms with Gasteiger partial charge in [-0.15, -0.1) is 0 Å². The average molecular weight is 282 g/mol. The first kappa shape index (κ1) is 11.6. The number of aromatic amines is 1. The van der Waals surface area contributed by atoms with Crippen LogP contribution in [0.1, 0.15) is 11.1 Å². The number of nitrogens with zero attached hydrogens (tertiary/aromatic N) is 1. The largest absolute Gasteiger partial charge is 0.340 e. The van der Waals surface area contributed by atoms with Crippen molar-refractivity contribution in [3.8, 4) is 11.3 Å². The number of nitrogens with one attached hydrogen (secondary N) is 2. The topological polar surface area (TPSA) is 40.7 Å². The molecule has 0 radical (unpaired) electrons. The summed E-state index contributed by atoms with van der Waals surface area (Å²) in [7, 11) is 0. The van der Waals surface area contributed by atoms with E-state index in [1.54, 1.807) is 0 Å². The van der Waals surface area contributed by atoms with Crippen molar-refractivity contribution in [2.45, 2.75) is 6.42 Å². The van der Waals surface area contributed by atoms with Crippen molar-refractivity contribution in [1.82, 2.24) is 10.2 Å². The maximum absolute atomic E-state index is 6.06. The van der Waals surface area contributed by atoms with E-state index in [1.165, 1.54) is 16.7 Å². The van der Waals surface area contributed by atoms with Crippen molar-refractivity contribution in [2.75, 3.05) is 5.32 Å². The van der Waals surface area contributed by atoms with Crippen molar-refractivity contribution in [2.24, 2.45) is 0 Å². The van der Waals surface area contributed by atoms with E-state index in [9.17, 15) is 0 Å². The van der Waals surface area contributed by atoms with E-state index in [1.807, 2.05) is 48.5 Å². The predicted octanol–water partition coefficient (Wildman–Crippen LogP) is 4.38. The van der Waals surface area contributed by atoms with E-state index in [0.29, 0.717) is 0 Å². The molecule has 3 aromatic rings. The molecule has 98 valence electrons. The summed E-state index contributed by atoms with van der Waals surface area (Å²) in [4.78, 5) is 0. The van der Waals surface area contributed by atoms with E-state index in [2.05, 4.69) is 15.5 Å². The van der Waals surface area contributed by atoms with E-state index in [-0.39, 0.29) is 0 Å². The van der Waals surface area contributed by atoms with Gasteiger partial charge in [-0.3, -0.25) is 5.10 Å². The third-order valence-corrected chi connectivity index (χ3v) is 3.83. The lowest BCUT2D eigenvalue weighted by atomic mass is 10.1. The summed E-state index contributed by atoms with van der Waals surface area (Å²) in [5.74, 6) is 0.957. The third-order valence-electron chi connectivity index (χ3n) is 3.60. The van der Waals surface area contributed by atoms with Crippen LogP contribution in [0.15, 0.2) is 48.5 Å². The molecule has 4 heteroatoms. The lowest BCUT2D eigenvalue weighted by molar-refractivity contribution is 1.09. The van der Waals surface area contributed by atoms with E-state index in [0.717, 1.165) is 28.6 Å². The number of aromatic nitrogens is 2. The van der Waals surface area contributed by atoms with Gasteiger partial charge in [-0.1, -0.05) is 35.9 Å². The molecular weight excluding hydrogens is 270 g/mol. The minimum absolute atomic E-state index is 0.774. The Morgan fingerprint density at radius 3 is 2.80 bits per heavy atom. The van der Waals surface area contributed by atoms with Gasteiger partial charge in [0.2, 0.25) is 0 Å². The SMILES string of the molecule is Clc1ccc2c(c1)Cc1c-2n[nH]c1Nc1ccccc1. The standard InChI is InChI=1S/C16H12ClN3/c17-11-6-7-13-10(8-11)9-14-15(13)19-20-16(14)18-12-4-2-1-3-5-12/h1-8H,9H2,(H2,18,19,20). The Morgan fingerprint density at radius 1 is 1.10 bits per heavy atom. The summed E-state index contributed by atoms with van der Waals surface area (Å²) in [5.41, 5.74) is 5.68. The third kappa shape index (κ3) is 1.79. The zero-order chi connectivity index (χ0) is 13.5. The summed E-state index contributed by atoms with van der Waals surface area (Å²) < 4.78 is 0. The number of H-pyrrole nitrogens is 1. The van der Waals surface area contributed by atoms with Crippen LogP contribution >= 0.6 is 11.6 Å². The highest BCUT2D eigenvalue weighted by atomic mass is 35.5. The van der Waals surface area contributed by atoms with Gasteiger partial charge in [-0.25, -0.2) is 0 Å². The van der Waals surface area contributed by atoms with Crippen LogP contribution in [0.4, 0.5) is 11.5 Å². The molecule has 1 aliphatic rings. The molecule has 20 heavy (non-hydrogen) atoms. The molecule has 1 aliphatic carbocycles. The van der Waals surface area contributed by atoms with Crippen LogP contribution in [0.2, 0.25) is 5.02 Å². The van der Waals surface area contributed by atoms with Crippen molar-refractivity contribution >= 4 is 23.1 Å². The van der Waals surface area contributed by atoms with Crippen LogP contribution in [-0.4, -0.2) is 10.2 Å². The van der Waals surface area contributed by atoms with Crippen molar-refractivity contribution in [3.05, 3.63) is 64.7 Å². The Kier molecular flexibility index (Phi) is 2.54. The minimum Gasteiger partial charge on any atom is -0.340 e. The van der Waals surface area contributed by atoms with Crippen molar-refractivity contribution in [1.29, 1.82) is 0 Å². The fraction of sp³-hybridized carbons (Fsp3) is 0.0625. The Labute approximate surface area is 121 Å². The minimum atomic E-state index is 0.774. The molecular formula is C16H12ClN3. The zero-order valence-electron chi connectivity index (χ0n) is 10.7. The smallest absolute Gasteiger partial charge is 0.130 e. The fourth-order valence-electron chi connectivity index (χ4n) is 2.66. The molecule has 0 saturated carbocycles. The van der Waals surface area contributed by atoms with Gasteiger partial charge in [0.1, 0.15) is 5.82 Å². The predicted molar refractivity (Wildman–Crippen MR) is 81.6 cm³/mol. The Bertz CT molecular complexity index is 778. The van der Waals surface area contributed by atoms with Crippen LogP contribution in [-0.2, 0) is 6.42 Å². The van der Waals surface area contributed by atoms with Gasteiger partial charge < -0.3 is 5.32 Å². The molecule has 1 heterocycles. The van der Waals surface area contributed by atoms with Crippen molar-refractivity contribution in [3.63, 3.8) is 0 Å². The van der Waals surface area contributed by atoms with Crippen molar-refractivity contribution < 1.29 is 0 Å². The normalized spacial score (nSPS) is 12.1. The number of hydrogen-bond acceptors (Lipinski definition) is 2. The molecule has 2 aromatic carbocycles. The number of anilines is 2. The molecule has 0 atom stereocenters. The summed E-state index contributed by atoms with van der Waals surface area (Å²) in [6.07, 6.45) is 0.858. The lowest BCUT2D eigenvalue weighted by Crippen LogP contribution is -1.94. The number of para-hydroxylation sites is 1. The Morgan fingerprint density at radius 2 is 1.95 bits per heavy atom. The second kappa shape index (κ2) is 4.39. The van der Waals surface area contributed by atoms with Crippen LogP contribution in [0, 0.1) is 0 Å². The average Bonchev–Trinajstić information content (AvgIpc) is 2.99. The first-order valence-electron chi connectivity index (χ1n) is 6.49. The number of hydrogen-bond donors (Lipinski definition) is 2. The lowest BCUT2D eigenvalue weighted by Gasteiger charge is -2.05. The monoisotopic (exact) mass is 281 g/mol. The maximum atomic E-state index is 6.06. The molecule has 0 spiro atoms.